The van der Waals surface area contributed by atoms with Gasteiger partial charge in [-0.15, -0.1) is 0 Å². The molecule has 136 valence electrons. The van der Waals surface area contributed by atoms with E-state index < -0.39 is 35.5 Å². The predicted molar refractivity (Wildman–Crippen MR) is 84.7 cm³/mol. The maximum atomic E-state index is 14.2. The minimum absolute atomic E-state index is 0.00277. The maximum Gasteiger partial charge on any atom is 0.405 e. The van der Waals surface area contributed by atoms with Gasteiger partial charge in [0.2, 0.25) is 0 Å². The van der Waals surface area contributed by atoms with E-state index in [1.54, 1.807) is 0 Å². The summed E-state index contributed by atoms with van der Waals surface area (Å²) < 4.78 is 45.8. The van der Waals surface area contributed by atoms with Crippen molar-refractivity contribution in [2.24, 2.45) is 0 Å². The highest BCUT2D eigenvalue weighted by atomic mass is 19.2. The lowest BCUT2D eigenvalue weighted by Gasteiger charge is -2.27. The fourth-order valence-corrected chi connectivity index (χ4v) is 2.72. The number of anilines is 1. The third-order valence-corrected chi connectivity index (χ3v) is 3.86. The molecule has 0 aliphatic carbocycles. The molecule has 1 aliphatic rings. The highest BCUT2D eigenvalue weighted by Crippen LogP contribution is 2.37. The smallest absolute Gasteiger partial charge is 0.405 e. The van der Waals surface area contributed by atoms with Crippen LogP contribution in [0.15, 0.2) is 30.3 Å². The highest BCUT2D eigenvalue weighted by molar-refractivity contribution is 6.06. The summed E-state index contributed by atoms with van der Waals surface area (Å²) in [5.41, 5.74) is -0.123. The molecule has 0 radical (unpaired) electrons. The molecule has 0 saturated heterocycles. The number of carbonyl (C=O) groups is 2. The Hall–Kier alpha value is -3.23. The van der Waals surface area contributed by atoms with Crippen LogP contribution < -0.4 is 15.4 Å². The number of rotatable bonds is 3. The zero-order valence-corrected chi connectivity index (χ0v) is 13.2. The predicted octanol–water partition coefficient (Wildman–Crippen LogP) is 3.45. The standard InChI is InChI=1S/C17H13F3N2O4/c18-10-3-1-8(7-12(10)20)21-16(23)9-2-4-11(19)14-13(22-17(24)25)5-6-26-15(9)14/h1-4,7,13,22H,5-6H2,(H,21,23)(H,24,25)/t13-/m0/s1. The second-order valence-electron chi connectivity index (χ2n) is 5.56. The lowest BCUT2D eigenvalue weighted by atomic mass is 9.96. The summed E-state index contributed by atoms with van der Waals surface area (Å²) >= 11 is 0. The van der Waals surface area contributed by atoms with Gasteiger partial charge in [-0.1, -0.05) is 0 Å². The van der Waals surface area contributed by atoms with Gasteiger partial charge in [0.25, 0.3) is 5.91 Å². The van der Waals surface area contributed by atoms with Crippen molar-refractivity contribution in [3.8, 4) is 5.75 Å². The van der Waals surface area contributed by atoms with Crippen LogP contribution in [0.1, 0.15) is 28.4 Å². The molecule has 6 nitrogen and oxygen atoms in total. The third kappa shape index (κ3) is 3.41. The molecule has 26 heavy (non-hydrogen) atoms. The van der Waals surface area contributed by atoms with Crippen molar-refractivity contribution in [2.45, 2.75) is 12.5 Å². The largest absolute Gasteiger partial charge is 0.492 e. The van der Waals surface area contributed by atoms with Gasteiger partial charge in [0, 0.05) is 18.2 Å². The molecule has 9 heteroatoms. The Kier molecular flexibility index (Phi) is 4.70. The second-order valence-corrected chi connectivity index (χ2v) is 5.56. The monoisotopic (exact) mass is 366 g/mol. The van der Waals surface area contributed by atoms with E-state index in [4.69, 9.17) is 9.84 Å². The van der Waals surface area contributed by atoms with E-state index in [0.717, 1.165) is 18.2 Å². The summed E-state index contributed by atoms with van der Waals surface area (Å²) in [5, 5.41) is 13.4. The molecule has 0 unspecified atom stereocenters. The van der Waals surface area contributed by atoms with Crippen molar-refractivity contribution < 1.29 is 32.6 Å². The summed E-state index contributed by atoms with van der Waals surface area (Å²) in [7, 11) is 0. The number of ether oxygens (including phenoxy) is 1. The molecule has 1 aliphatic heterocycles. The molecule has 3 N–H and O–H groups in total. The van der Waals surface area contributed by atoms with Gasteiger partial charge < -0.3 is 20.5 Å². The van der Waals surface area contributed by atoms with Crippen LogP contribution in [0.4, 0.5) is 23.7 Å². The summed E-state index contributed by atoms with van der Waals surface area (Å²) in [6, 6.07) is 4.15. The quantitative estimate of drug-likeness (QED) is 0.777. The Morgan fingerprint density at radius 1 is 1.08 bits per heavy atom. The van der Waals surface area contributed by atoms with Crippen molar-refractivity contribution in [3.05, 3.63) is 58.9 Å². The number of nitrogens with one attached hydrogen (secondary N) is 2. The van der Waals surface area contributed by atoms with Gasteiger partial charge in [0.1, 0.15) is 11.6 Å². The number of amides is 2. The van der Waals surface area contributed by atoms with E-state index in [9.17, 15) is 22.8 Å². The molecule has 2 amide bonds. The lowest BCUT2D eigenvalue weighted by Crippen LogP contribution is -2.32. The average Bonchev–Trinajstić information content (AvgIpc) is 2.58. The van der Waals surface area contributed by atoms with Crippen molar-refractivity contribution >= 4 is 17.7 Å². The summed E-state index contributed by atoms with van der Waals surface area (Å²) in [4.78, 5) is 23.3. The number of hydrogen-bond donors (Lipinski definition) is 3. The second kappa shape index (κ2) is 6.95. The Balaban J connectivity index is 1.94. The van der Waals surface area contributed by atoms with Crippen LogP contribution in [0.5, 0.6) is 5.75 Å². The molecule has 0 spiro atoms. The number of halogens is 3. The topological polar surface area (TPSA) is 87.7 Å². The van der Waals surface area contributed by atoms with Gasteiger partial charge in [-0.25, -0.2) is 18.0 Å². The van der Waals surface area contributed by atoms with Crippen LogP contribution in [0.2, 0.25) is 0 Å². The third-order valence-electron chi connectivity index (χ3n) is 3.86. The van der Waals surface area contributed by atoms with Crippen LogP contribution in [0.3, 0.4) is 0 Å². The Morgan fingerprint density at radius 2 is 1.81 bits per heavy atom. The molecular formula is C17H13F3N2O4. The molecular weight excluding hydrogens is 353 g/mol. The summed E-state index contributed by atoms with van der Waals surface area (Å²) in [5.74, 6) is -3.74. The first-order valence-corrected chi connectivity index (χ1v) is 7.58. The first-order chi connectivity index (χ1) is 12.4. The van der Waals surface area contributed by atoms with Gasteiger partial charge in [-0.05, 0) is 24.3 Å². The van der Waals surface area contributed by atoms with Crippen LogP contribution in [-0.4, -0.2) is 23.7 Å². The number of carbonyl (C=O) groups excluding carboxylic acids is 1. The number of carboxylic acid groups (broad SMARTS) is 1. The molecule has 2 aromatic carbocycles. The highest BCUT2D eigenvalue weighted by Gasteiger charge is 2.30. The van der Waals surface area contributed by atoms with Gasteiger partial charge in [0.05, 0.1) is 23.8 Å². The zero-order chi connectivity index (χ0) is 18.8. The zero-order valence-electron chi connectivity index (χ0n) is 13.2. The number of benzene rings is 2. The van der Waals surface area contributed by atoms with E-state index in [1.165, 1.54) is 12.1 Å². The molecule has 0 fully saturated rings. The van der Waals surface area contributed by atoms with Crippen LogP contribution in [-0.2, 0) is 0 Å². The molecule has 2 aromatic rings. The fraction of sp³-hybridized carbons (Fsp3) is 0.176. The first-order valence-electron chi connectivity index (χ1n) is 7.58. The Labute approximate surface area is 145 Å². The molecule has 0 saturated carbocycles. The minimum atomic E-state index is -1.33. The van der Waals surface area contributed by atoms with Crippen LogP contribution in [0.25, 0.3) is 0 Å². The van der Waals surface area contributed by atoms with E-state index in [0.29, 0.717) is 0 Å². The molecule has 3 rings (SSSR count). The van der Waals surface area contributed by atoms with Crippen molar-refractivity contribution in [3.63, 3.8) is 0 Å². The SMILES string of the molecule is O=C(O)N[C@H]1CCOc2c(C(=O)Nc3ccc(F)c(F)c3)ccc(F)c21. The van der Waals surface area contributed by atoms with Crippen molar-refractivity contribution in [2.75, 3.05) is 11.9 Å². The van der Waals surface area contributed by atoms with E-state index in [-0.39, 0.29) is 35.6 Å². The Morgan fingerprint density at radius 3 is 2.50 bits per heavy atom. The first kappa shape index (κ1) is 17.6. The van der Waals surface area contributed by atoms with E-state index >= 15 is 0 Å². The molecule has 0 bridgehead atoms. The van der Waals surface area contributed by atoms with Gasteiger partial charge in [-0.3, -0.25) is 4.79 Å². The number of hydrogen-bond acceptors (Lipinski definition) is 3. The van der Waals surface area contributed by atoms with E-state index in [2.05, 4.69) is 10.6 Å². The van der Waals surface area contributed by atoms with Crippen LogP contribution >= 0.6 is 0 Å². The van der Waals surface area contributed by atoms with Gasteiger partial charge in [0.15, 0.2) is 11.6 Å². The summed E-state index contributed by atoms with van der Waals surface area (Å²) in [6.45, 7) is 0.0762. The fourth-order valence-electron chi connectivity index (χ4n) is 2.72. The summed E-state index contributed by atoms with van der Waals surface area (Å²) in [6.07, 6.45) is -1.14. The normalized spacial score (nSPS) is 15.6. The van der Waals surface area contributed by atoms with Gasteiger partial charge in [-0.2, -0.15) is 0 Å². The Bertz CT molecular complexity index is 889. The molecule has 0 aromatic heterocycles. The van der Waals surface area contributed by atoms with E-state index in [1.807, 2.05) is 0 Å². The molecule has 1 heterocycles. The van der Waals surface area contributed by atoms with Gasteiger partial charge >= 0.3 is 6.09 Å². The minimum Gasteiger partial charge on any atom is -0.492 e. The maximum absolute atomic E-state index is 14.2. The lowest BCUT2D eigenvalue weighted by molar-refractivity contribution is 0.102. The molecule has 1 atom stereocenters. The van der Waals surface area contributed by atoms with Crippen molar-refractivity contribution in [1.82, 2.24) is 5.32 Å². The average molecular weight is 366 g/mol. The number of fused-ring (bicyclic) bond motifs is 1. The van der Waals surface area contributed by atoms with Crippen LogP contribution in [0, 0.1) is 17.5 Å². The van der Waals surface area contributed by atoms with Crippen molar-refractivity contribution in [1.29, 1.82) is 0 Å².